The van der Waals surface area contributed by atoms with Crippen LogP contribution in [-0.2, 0) is 0 Å². The number of fused-ring (bicyclic) bond motifs is 1. The lowest BCUT2D eigenvalue weighted by Gasteiger charge is -1.94. The molecule has 0 unspecified atom stereocenters. The van der Waals surface area contributed by atoms with E-state index in [4.69, 9.17) is 16.9 Å². The molecule has 64 valence electrons. The van der Waals surface area contributed by atoms with Crippen LogP contribution >= 0.6 is 11.6 Å². The van der Waals surface area contributed by atoms with Crippen LogP contribution in [-0.4, -0.2) is 9.38 Å². The fourth-order valence-corrected chi connectivity index (χ4v) is 1.44. The molecule has 0 saturated carbocycles. The van der Waals surface area contributed by atoms with Crippen LogP contribution in [0.25, 0.3) is 5.65 Å². The average molecular weight is 192 g/mol. The van der Waals surface area contributed by atoms with Crippen LogP contribution in [0, 0.1) is 18.3 Å². The summed E-state index contributed by atoms with van der Waals surface area (Å²) in [7, 11) is 0. The standard InChI is InChI=1S/C9H6ClN3/c1-6-2-3-13-7(5-11)9(10)12-8(13)4-6/h2-4H,1H3. The Morgan fingerprint density at radius 1 is 1.62 bits per heavy atom. The predicted molar refractivity (Wildman–Crippen MR) is 49.7 cm³/mol. The van der Waals surface area contributed by atoms with Gasteiger partial charge in [-0.1, -0.05) is 11.6 Å². The molecule has 0 fully saturated rings. The molecule has 0 spiro atoms. The van der Waals surface area contributed by atoms with Crippen molar-refractivity contribution in [2.24, 2.45) is 0 Å². The third kappa shape index (κ3) is 1.16. The molecule has 0 aromatic carbocycles. The van der Waals surface area contributed by atoms with Gasteiger partial charge in [-0.25, -0.2) is 4.98 Å². The van der Waals surface area contributed by atoms with Gasteiger partial charge in [0.15, 0.2) is 10.8 Å². The Kier molecular flexibility index (Phi) is 1.71. The molecule has 0 atom stereocenters. The monoisotopic (exact) mass is 191 g/mol. The second-order valence-corrected chi connectivity index (χ2v) is 3.15. The summed E-state index contributed by atoms with van der Waals surface area (Å²) in [5, 5.41) is 9.04. The van der Waals surface area contributed by atoms with Crippen LogP contribution in [0.3, 0.4) is 0 Å². The lowest BCUT2D eigenvalue weighted by molar-refractivity contribution is 1.14. The highest BCUT2D eigenvalue weighted by molar-refractivity contribution is 6.30. The molecule has 0 amide bonds. The minimum atomic E-state index is 0.258. The summed E-state index contributed by atoms with van der Waals surface area (Å²) in [6.07, 6.45) is 1.79. The number of rotatable bonds is 0. The Labute approximate surface area is 80.2 Å². The van der Waals surface area contributed by atoms with Crippen molar-refractivity contribution in [3.05, 3.63) is 34.7 Å². The van der Waals surface area contributed by atoms with Crippen LogP contribution in [0.2, 0.25) is 5.15 Å². The number of hydrogen-bond donors (Lipinski definition) is 0. The summed E-state index contributed by atoms with van der Waals surface area (Å²) in [5.74, 6) is 0. The number of aryl methyl sites for hydroxylation is 1. The minimum absolute atomic E-state index is 0.258. The summed E-state index contributed by atoms with van der Waals surface area (Å²) in [5.41, 5.74) is 2.19. The molecule has 2 heterocycles. The normalized spacial score (nSPS) is 10.2. The molecule has 0 aliphatic rings. The van der Waals surface area contributed by atoms with E-state index in [1.54, 1.807) is 10.6 Å². The van der Waals surface area contributed by atoms with Crippen molar-refractivity contribution < 1.29 is 0 Å². The van der Waals surface area contributed by atoms with Gasteiger partial charge in [0.2, 0.25) is 0 Å². The number of nitrogens with zero attached hydrogens (tertiary/aromatic N) is 3. The van der Waals surface area contributed by atoms with Crippen molar-refractivity contribution in [2.75, 3.05) is 0 Å². The summed E-state index contributed by atoms with van der Waals surface area (Å²) in [6, 6.07) is 5.80. The van der Waals surface area contributed by atoms with Gasteiger partial charge in [-0.15, -0.1) is 0 Å². The highest BCUT2D eigenvalue weighted by atomic mass is 35.5. The van der Waals surface area contributed by atoms with E-state index in [0.29, 0.717) is 11.3 Å². The largest absolute Gasteiger partial charge is 0.290 e. The smallest absolute Gasteiger partial charge is 0.166 e. The van der Waals surface area contributed by atoms with Crippen molar-refractivity contribution in [3.63, 3.8) is 0 Å². The zero-order valence-electron chi connectivity index (χ0n) is 6.95. The average Bonchev–Trinajstić information content (AvgIpc) is 2.39. The van der Waals surface area contributed by atoms with Gasteiger partial charge in [0.25, 0.3) is 0 Å². The maximum absolute atomic E-state index is 8.78. The summed E-state index contributed by atoms with van der Waals surface area (Å²) < 4.78 is 1.68. The molecule has 0 saturated heterocycles. The highest BCUT2D eigenvalue weighted by Crippen LogP contribution is 2.17. The molecule has 0 N–H and O–H groups in total. The van der Waals surface area contributed by atoms with Crippen LogP contribution in [0.15, 0.2) is 18.3 Å². The van der Waals surface area contributed by atoms with Gasteiger partial charge in [0.1, 0.15) is 11.7 Å². The van der Waals surface area contributed by atoms with E-state index < -0.39 is 0 Å². The van der Waals surface area contributed by atoms with Crippen molar-refractivity contribution in [2.45, 2.75) is 6.92 Å². The zero-order chi connectivity index (χ0) is 9.42. The molecule has 0 aliphatic carbocycles. The first-order chi connectivity index (χ1) is 6.22. The molecule has 2 aromatic heterocycles. The Morgan fingerprint density at radius 2 is 2.38 bits per heavy atom. The Bertz CT molecular complexity index is 507. The molecule has 2 aromatic rings. The van der Waals surface area contributed by atoms with Gasteiger partial charge < -0.3 is 0 Å². The topological polar surface area (TPSA) is 41.1 Å². The molecule has 0 bridgehead atoms. The van der Waals surface area contributed by atoms with Gasteiger partial charge >= 0.3 is 0 Å². The Balaban J connectivity index is 2.88. The molecular weight excluding hydrogens is 186 g/mol. The highest BCUT2D eigenvalue weighted by Gasteiger charge is 2.08. The SMILES string of the molecule is Cc1ccn2c(C#N)c(Cl)nc2c1. The third-order valence-corrected chi connectivity index (χ3v) is 2.11. The zero-order valence-corrected chi connectivity index (χ0v) is 7.71. The minimum Gasteiger partial charge on any atom is -0.290 e. The van der Waals surface area contributed by atoms with Gasteiger partial charge in [0, 0.05) is 6.20 Å². The first-order valence-electron chi connectivity index (χ1n) is 3.76. The second-order valence-electron chi connectivity index (χ2n) is 2.80. The fraction of sp³-hybridized carbons (Fsp3) is 0.111. The number of nitriles is 1. The maximum Gasteiger partial charge on any atom is 0.166 e. The van der Waals surface area contributed by atoms with Gasteiger partial charge in [-0.2, -0.15) is 5.26 Å². The predicted octanol–water partition coefficient (Wildman–Crippen LogP) is 2.17. The second kappa shape index (κ2) is 2.75. The third-order valence-electron chi connectivity index (χ3n) is 1.85. The lowest BCUT2D eigenvalue weighted by Crippen LogP contribution is -1.87. The van der Waals surface area contributed by atoms with E-state index in [0.717, 1.165) is 5.56 Å². The Hall–Kier alpha value is -1.53. The molecule has 3 nitrogen and oxygen atoms in total. The molecular formula is C9H6ClN3. The Morgan fingerprint density at radius 3 is 3.08 bits per heavy atom. The van der Waals surface area contributed by atoms with Crippen molar-refractivity contribution in [3.8, 4) is 6.07 Å². The van der Waals surface area contributed by atoms with E-state index in [1.165, 1.54) is 0 Å². The lowest BCUT2D eigenvalue weighted by atomic mass is 10.3. The molecule has 13 heavy (non-hydrogen) atoms. The van der Waals surface area contributed by atoms with Gasteiger partial charge in [0.05, 0.1) is 0 Å². The molecule has 2 rings (SSSR count). The summed E-state index contributed by atoms with van der Waals surface area (Å²) in [4.78, 5) is 4.05. The van der Waals surface area contributed by atoms with Crippen molar-refractivity contribution >= 4 is 17.2 Å². The maximum atomic E-state index is 8.78. The van der Waals surface area contributed by atoms with Crippen LogP contribution in [0.5, 0.6) is 0 Å². The summed E-state index contributed by atoms with van der Waals surface area (Å²) in [6.45, 7) is 1.97. The first kappa shape index (κ1) is 8.09. The van der Waals surface area contributed by atoms with E-state index >= 15 is 0 Å². The van der Waals surface area contributed by atoms with Gasteiger partial charge in [-0.05, 0) is 24.6 Å². The number of aromatic nitrogens is 2. The number of hydrogen-bond acceptors (Lipinski definition) is 2. The fourth-order valence-electron chi connectivity index (χ4n) is 1.22. The van der Waals surface area contributed by atoms with E-state index in [9.17, 15) is 0 Å². The summed E-state index contributed by atoms with van der Waals surface area (Å²) >= 11 is 5.77. The van der Waals surface area contributed by atoms with Gasteiger partial charge in [-0.3, -0.25) is 4.40 Å². The van der Waals surface area contributed by atoms with Crippen molar-refractivity contribution in [1.82, 2.24) is 9.38 Å². The van der Waals surface area contributed by atoms with E-state index in [-0.39, 0.29) is 5.15 Å². The van der Waals surface area contributed by atoms with Crippen LogP contribution in [0.1, 0.15) is 11.3 Å². The van der Waals surface area contributed by atoms with Crippen LogP contribution < -0.4 is 0 Å². The molecule has 0 aliphatic heterocycles. The number of imidazole rings is 1. The first-order valence-corrected chi connectivity index (χ1v) is 4.14. The molecule has 4 heteroatoms. The van der Waals surface area contributed by atoms with Crippen molar-refractivity contribution in [1.29, 1.82) is 5.26 Å². The quantitative estimate of drug-likeness (QED) is 0.641. The van der Waals surface area contributed by atoms with E-state index in [1.807, 2.05) is 25.1 Å². The van der Waals surface area contributed by atoms with E-state index in [2.05, 4.69) is 4.98 Å². The number of halogens is 1. The number of pyridine rings is 1. The molecule has 0 radical (unpaired) electrons. The van der Waals surface area contributed by atoms with Crippen LogP contribution in [0.4, 0.5) is 0 Å².